The lowest BCUT2D eigenvalue weighted by Gasteiger charge is -2.01. The number of nitrogen functional groups attached to an aromatic ring is 1. The second-order valence-electron chi connectivity index (χ2n) is 3.39. The van der Waals surface area contributed by atoms with Gasteiger partial charge in [-0.25, -0.2) is 4.98 Å². The molecule has 0 spiro atoms. The quantitative estimate of drug-likeness (QED) is 0.801. The minimum atomic E-state index is 0.312. The number of rotatable bonds is 3. The van der Waals surface area contributed by atoms with Gasteiger partial charge < -0.3 is 5.73 Å². The van der Waals surface area contributed by atoms with Crippen LogP contribution in [-0.4, -0.2) is 19.7 Å². The first-order valence-electron chi connectivity index (χ1n) is 4.81. The number of anilines is 1. The highest BCUT2D eigenvalue weighted by molar-refractivity contribution is 5.11. The van der Waals surface area contributed by atoms with Gasteiger partial charge in [0.15, 0.2) is 0 Å². The lowest BCUT2D eigenvalue weighted by Crippen LogP contribution is -2.04. The summed E-state index contributed by atoms with van der Waals surface area (Å²) in [6.45, 7) is 2.73. The average molecular weight is 203 g/mol. The van der Waals surface area contributed by atoms with Crippen LogP contribution in [0.25, 0.3) is 0 Å². The van der Waals surface area contributed by atoms with Crippen LogP contribution in [0.2, 0.25) is 0 Å². The van der Waals surface area contributed by atoms with E-state index >= 15 is 0 Å². The van der Waals surface area contributed by atoms with Crippen molar-refractivity contribution in [1.29, 1.82) is 0 Å². The van der Waals surface area contributed by atoms with E-state index in [1.54, 1.807) is 11.0 Å². The summed E-state index contributed by atoms with van der Waals surface area (Å²) in [4.78, 5) is 8.26. The molecule has 0 saturated carbocycles. The lowest BCUT2D eigenvalue weighted by molar-refractivity contribution is 0.608. The average Bonchev–Trinajstić information content (AvgIpc) is 2.62. The van der Waals surface area contributed by atoms with Crippen molar-refractivity contribution in [1.82, 2.24) is 19.7 Å². The van der Waals surface area contributed by atoms with Gasteiger partial charge in [0.1, 0.15) is 6.33 Å². The van der Waals surface area contributed by atoms with E-state index in [1.807, 2.05) is 25.1 Å². The van der Waals surface area contributed by atoms with Crippen LogP contribution in [0.1, 0.15) is 11.4 Å². The highest BCUT2D eigenvalue weighted by atomic mass is 15.3. The molecule has 2 aromatic rings. The van der Waals surface area contributed by atoms with Crippen LogP contribution in [0, 0.1) is 6.92 Å². The first-order valence-corrected chi connectivity index (χ1v) is 4.81. The molecule has 15 heavy (non-hydrogen) atoms. The molecule has 2 rings (SSSR count). The smallest absolute Gasteiger partial charge is 0.239 e. The van der Waals surface area contributed by atoms with E-state index in [9.17, 15) is 0 Å². The molecule has 0 amide bonds. The summed E-state index contributed by atoms with van der Waals surface area (Å²) in [7, 11) is 0. The lowest BCUT2D eigenvalue weighted by atomic mass is 10.2. The van der Waals surface area contributed by atoms with Crippen molar-refractivity contribution in [2.75, 3.05) is 5.73 Å². The van der Waals surface area contributed by atoms with Crippen LogP contribution in [0.15, 0.2) is 24.5 Å². The summed E-state index contributed by atoms with van der Waals surface area (Å²) in [6, 6.07) is 6.00. The molecule has 2 aromatic heterocycles. The molecule has 0 bridgehead atoms. The summed E-state index contributed by atoms with van der Waals surface area (Å²) >= 11 is 0. The Kier molecular flexibility index (Phi) is 2.62. The molecule has 5 heteroatoms. The summed E-state index contributed by atoms with van der Waals surface area (Å²) in [5, 5.41) is 4.00. The molecule has 0 aliphatic carbocycles. The second-order valence-corrected chi connectivity index (χ2v) is 3.39. The third-order valence-corrected chi connectivity index (χ3v) is 2.10. The second kappa shape index (κ2) is 4.08. The Morgan fingerprint density at radius 2 is 2.27 bits per heavy atom. The van der Waals surface area contributed by atoms with Gasteiger partial charge in [-0.3, -0.25) is 9.67 Å². The minimum absolute atomic E-state index is 0.312. The summed E-state index contributed by atoms with van der Waals surface area (Å²) in [5.41, 5.74) is 7.51. The van der Waals surface area contributed by atoms with Crippen molar-refractivity contribution in [2.24, 2.45) is 0 Å². The molecule has 2 N–H and O–H groups in total. The van der Waals surface area contributed by atoms with Gasteiger partial charge in [0.2, 0.25) is 5.95 Å². The SMILES string of the molecule is Cc1cccc(CCn2cnc(N)n2)n1. The van der Waals surface area contributed by atoms with Crippen LogP contribution >= 0.6 is 0 Å². The molecule has 2 heterocycles. The molecular weight excluding hydrogens is 190 g/mol. The molecule has 0 saturated heterocycles. The van der Waals surface area contributed by atoms with Crippen molar-refractivity contribution in [3.05, 3.63) is 35.9 Å². The van der Waals surface area contributed by atoms with Crippen molar-refractivity contribution >= 4 is 5.95 Å². The van der Waals surface area contributed by atoms with Gasteiger partial charge in [0.25, 0.3) is 0 Å². The zero-order chi connectivity index (χ0) is 10.7. The van der Waals surface area contributed by atoms with E-state index in [2.05, 4.69) is 15.1 Å². The molecule has 0 radical (unpaired) electrons. The highest BCUT2D eigenvalue weighted by Crippen LogP contribution is 2.00. The maximum atomic E-state index is 5.41. The molecule has 0 fully saturated rings. The Bertz CT molecular complexity index is 449. The van der Waals surface area contributed by atoms with E-state index in [4.69, 9.17) is 5.73 Å². The number of aryl methyl sites for hydroxylation is 3. The van der Waals surface area contributed by atoms with E-state index in [-0.39, 0.29) is 0 Å². The Morgan fingerprint density at radius 3 is 2.93 bits per heavy atom. The normalized spacial score (nSPS) is 10.5. The molecule has 78 valence electrons. The Labute approximate surface area is 88.0 Å². The Hall–Kier alpha value is -1.91. The van der Waals surface area contributed by atoms with E-state index in [0.29, 0.717) is 5.95 Å². The number of pyridine rings is 1. The largest absolute Gasteiger partial charge is 0.367 e. The van der Waals surface area contributed by atoms with E-state index in [1.165, 1.54) is 0 Å². The standard InChI is InChI=1S/C10H13N5/c1-8-3-2-4-9(13-8)5-6-15-7-12-10(11)14-15/h2-4,7H,5-6H2,1H3,(H2,11,14). The van der Waals surface area contributed by atoms with E-state index < -0.39 is 0 Å². The molecule has 0 aliphatic rings. The van der Waals surface area contributed by atoms with Gasteiger partial charge in [-0.2, -0.15) is 0 Å². The van der Waals surface area contributed by atoms with Gasteiger partial charge in [-0.05, 0) is 19.1 Å². The van der Waals surface area contributed by atoms with Gasteiger partial charge in [-0.1, -0.05) is 6.07 Å². The van der Waals surface area contributed by atoms with Crippen LogP contribution in [0.5, 0.6) is 0 Å². The maximum Gasteiger partial charge on any atom is 0.239 e. The van der Waals surface area contributed by atoms with Crippen LogP contribution < -0.4 is 5.73 Å². The summed E-state index contributed by atoms with van der Waals surface area (Å²) < 4.78 is 1.72. The predicted molar refractivity (Wildman–Crippen MR) is 57.1 cm³/mol. The van der Waals surface area contributed by atoms with Gasteiger partial charge >= 0.3 is 0 Å². The van der Waals surface area contributed by atoms with Gasteiger partial charge in [-0.15, -0.1) is 5.10 Å². The first-order chi connectivity index (χ1) is 7.24. The molecule has 5 nitrogen and oxygen atoms in total. The van der Waals surface area contributed by atoms with Crippen molar-refractivity contribution < 1.29 is 0 Å². The topological polar surface area (TPSA) is 69.6 Å². The third kappa shape index (κ3) is 2.52. The van der Waals surface area contributed by atoms with Gasteiger partial charge in [0, 0.05) is 24.4 Å². The molecule has 0 atom stereocenters. The van der Waals surface area contributed by atoms with Crippen molar-refractivity contribution in [3.63, 3.8) is 0 Å². The Balaban J connectivity index is 1.99. The highest BCUT2D eigenvalue weighted by Gasteiger charge is 1.98. The number of aromatic nitrogens is 4. The molecule has 0 aliphatic heterocycles. The minimum Gasteiger partial charge on any atom is -0.367 e. The molecular formula is C10H13N5. The maximum absolute atomic E-state index is 5.41. The fourth-order valence-corrected chi connectivity index (χ4v) is 1.38. The summed E-state index contributed by atoms with van der Waals surface area (Å²) in [6.07, 6.45) is 2.47. The number of nitrogens with two attached hydrogens (primary N) is 1. The van der Waals surface area contributed by atoms with Gasteiger partial charge in [0.05, 0.1) is 0 Å². The van der Waals surface area contributed by atoms with Crippen LogP contribution in [-0.2, 0) is 13.0 Å². The zero-order valence-electron chi connectivity index (χ0n) is 8.59. The van der Waals surface area contributed by atoms with Crippen molar-refractivity contribution in [2.45, 2.75) is 19.9 Å². The summed E-state index contributed by atoms with van der Waals surface area (Å²) in [5.74, 6) is 0.312. The van der Waals surface area contributed by atoms with Crippen LogP contribution in [0.4, 0.5) is 5.95 Å². The first kappa shape index (κ1) is 9.64. The van der Waals surface area contributed by atoms with E-state index in [0.717, 1.165) is 24.4 Å². The number of hydrogen-bond acceptors (Lipinski definition) is 4. The monoisotopic (exact) mass is 203 g/mol. The fraction of sp³-hybridized carbons (Fsp3) is 0.300. The number of nitrogens with zero attached hydrogens (tertiary/aromatic N) is 4. The number of hydrogen-bond donors (Lipinski definition) is 1. The predicted octanol–water partition coefficient (Wildman–Crippen LogP) is 0.806. The molecule has 0 aromatic carbocycles. The van der Waals surface area contributed by atoms with Crippen LogP contribution in [0.3, 0.4) is 0 Å². The Morgan fingerprint density at radius 1 is 1.40 bits per heavy atom. The van der Waals surface area contributed by atoms with Crippen molar-refractivity contribution in [3.8, 4) is 0 Å². The molecule has 0 unspecified atom stereocenters. The fourth-order valence-electron chi connectivity index (χ4n) is 1.38. The third-order valence-electron chi connectivity index (χ3n) is 2.10. The zero-order valence-corrected chi connectivity index (χ0v) is 8.59.